The SMILES string of the molecule is CCSCC(C)n1c(C)c(CC(=O)O)c(C)nc1=O. The minimum Gasteiger partial charge on any atom is -0.481 e. The fraction of sp³-hybridized carbons (Fsp3) is 0.615. The summed E-state index contributed by atoms with van der Waals surface area (Å²) >= 11 is 1.75. The number of aryl methyl sites for hydroxylation is 1. The van der Waals surface area contributed by atoms with Gasteiger partial charge in [-0.2, -0.15) is 16.7 Å². The van der Waals surface area contributed by atoms with Crippen LogP contribution in [0.3, 0.4) is 0 Å². The van der Waals surface area contributed by atoms with Crippen LogP contribution >= 0.6 is 11.8 Å². The second kappa shape index (κ2) is 6.75. The molecule has 0 fully saturated rings. The highest BCUT2D eigenvalue weighted by molar-refractivity contribution is 7.99. The molecule has 0 aliphatic heterocycles. The Labute approximate surface area is 117 Å². The Bertz CT molecular complexity index is 525. The highest BCUT2D eigenvalue weighted by Crippen LogP contribution is 2.17. The van der Waals surface area contributed by atoms with E-state index in [4.69, 9.17) is 5.11 Å². The molecule has 0 spiro atoms. The number of carboxylic acid groups (broad SMARTS) is 1. The van der Waals surface area contributed by atoms with Gasteiger partial charge < -0.3 is 5.11 Å². The zero-order valence-electron chi connectivity index (χ0n) is 11.8. The first-order chi connectivity index (χ1) is 8.88. The third-order valence-corrected chi connectivity index (χ3v) is 4.16. The summed E-state index contributed by atoms with van der Waals surface area (Å²) in [7, 11) is 0. The second-order valence-electron chi connectivity index (χ2n) is 4.49. The third-order valence-electron chi connectivity index (χ3n) is 3.04. The molecule has 0 aromatic carbocycles. The molecule has 1 aromatic heterocycles. The second-order valence-corrected chi connectivity index (χ2v) is 5.81. The molecule has 0 saturated heterocycles. The molecule has 0 saturated carbocycles. The summed E-state index contributed by atoms with van der Waals surface area (Å²) in [5.74, 6) is 0.891. The predicted octanol–water partition coefficient (Wildman–Crippen LogP) is 1.80. The maximum atomic E-state index is 12.0. The van der Waals surface area contributed by atoms with Crippen molar-refractivity contribution in [2.24, 2.45) is 0 Å². The first kappa shape index (κ1) is 15.8. The molecule has 1 N–H and O–H groups in total. The Balaban J connectivity index is 3.24. The van der Waals surface area contributed by atoms with Crippen LogP contribution in [0.1, 0.15) is 36.8 Å². The van der Waals surface area contributed by atoms with Crippen LogP contribution in [0.2, 0.25) is 0 Å². The van der Waals surface area contributed by atoms with E-state index < -0.39 is 5.97 Å². The zero-order chi connectivity index (χ0) is 14.6. The van der Waals surface area contributed by atoms with Crippen LogP contribution in [0.5, 0.6) is 0 Å². The molecule has 0 amide bonds. The van der Waals surface area contributed by atoms with Crippen molar-refractivity contribution in [1.29, 1.82) is 0 Å². The molecule has 1 atom stereocenters. The quantitative estimate of drug-likeness (QED) is 0.862. The van der Waals surface area contributed by atoms with Crippen LogP contribution in [0.4, 0.5) is 0 Å². The summed E-state index contributed by atoms with van der Waals surface area (Å²) in [6.07, 6.45) is -0.0986. The van der Waals surface area contributed by atoms with E-state index in [1.165, 1.54) is 0 Å². The van der Waals surface area contributed by atoms with Crippen LogP contribution in [0.25, 0.3) is 0 Å². The number of nitrogens with zero attached hydrogens (tertiary/aromatic N) is 2. The minimum absolute atomic E-state index is 0.0121. The number of hydrogen-bond acceptors (Lipinski definition) is 4. The molecular formula is C13H20N2O3S. The molecular weight excluding hydrogens is 264 g/mol. The largest absolute Gasteiger partial charge is 0.481 e. The molecule has 0 aliphatic carbocycles. The van der Waals surface area contributed by atoms with Crippen molar-refractivity contribution in [3.05, 3.63) is 27.4 Å². The first-order valence-electron chi connectivity index (χ1n) is 6.26. The van der Waals surface area contributed by atoms with E-state index >= 15 is 0 Å². The number of aliphatic carboxylic acids is 1. The van der Waals surface area contributed by atoms with Crippen LogP contribution in [0, 0.1) is 13.8 Å². The van der Waals surface area contributed by atoms with Gasteiger partial charge in [0.25, 0.3) is 0 Å². The highest BCUT2D eigenvalue weighted by Gasteiger charge is 2.17. The molecule has 106 valence electrons. The molecule has 1 rings (SSSR count). The standard InChI is InChI=1S/C13H20N2O3S/c1-5-19-7-8(2)15-10(4)11(6-12(16)17)9(3)14-13(15)18/h8H,5-7H2,1-4H3,(H,16,17). The molecule has 1 heterocycles. The van der Waals surface area contributed by atoms with Gasteiger partial charge in [0.1, 0.15) is 0 Å². The smallest absolute Gasteiger partial charge is 0.348 e. The van der Waals surface area contributed by atoms with Gasteiger partial charge in [-0.05, 0) is 26.5 Å². The number of aromatic nitrogens is 2. The average Bonchev–Trinajstić information content (AvgIpc) is 2.31. The van der Waals surface area contributed by atoms with Crippen molar-refractivity contribution < 1.29 is 9.90 Å². The summed E-state index contributed by atoms with van der Waals surface area (Å²) in [5.41, 5.74) is 1.56. The summed E-state index contributed by atoms with van der Waals surface area (Å²) in [4.78, 5) is 26.8. The third kappa shape index (κ3) is 3.83. The number of thioether (sulfide) groups is 1. The van der Waals surface area contributed by atoms with Gasteiger partial charge in [0, 0.05) is 28.7 Å². The van der Waals surface area contributed by atoms with Gasteiger partial charge in [0.05, 0.1) is 6.42 Å². The van der Waals surface area contributed by atoms with E-state index in [1.807, 2.05) is 6.92 Å². The van der Waals surface area contributed by atoms with Gasteiger partial charge in [0.15, 0.2) is 0 Å². The lowest BCUT2D eigenvalue weighted by Gasteiger charge is -2.20. The van der Waals surface area contributed by atoms with E-state index in [0.29, 0.717) is 17.0 Å². The lowest BCUT2D eigenvalue weighted by molar-refractivity contribution is -0.136. The monoisotopic (exact) mass is 284 g/mol. The fourth-order valence-electron chi connectivity index (χ4n) is 2.10. The lowest BCUT2D eigenvalue weighted by Crippen LogP contribution is -2.31. The van der Waals surface area contributed by atoms with E-state index in [1.54, 1.807) is 30.2 Å². The van der Waals surface area contributed by atoms with E-state index in [0.717, 1.165) is 11.5 Å². The van der Waals surface area contributed by atoms with E-state index in [9.17, 15) is 9.59 Å². The minimum atomic E-state index is -0.909. The van der Waals surface area contributed by atoms with Crippen molar-refractivity contribution in [2.45, 2.75) is 40.2 Å². The summed E-state index contributed by atoms with van der Waals surface area (Å²) in [6, 6.07) is 0.0121. The van der Waals surface area contributed by atoms with Gasteiger partial charge in [-0.15, -0.1) is 0 Å². The van der Waals surface area contributed by atoms with Gasteiger partial charge in [-0.3, -0.25) is 9.36 Å². The number of carbonyl (C=O) groups is 1. The van der Waals surface area contributed by atoms with Crippen LogP contribution in [-0.2, 0) is 11.2 Å². The maximum absolute atomic E-state index is 12.0. The predicted molar refractivity (Wildman–Crippen MR) is 77.0 cm³/mol. The van der Waals surface area contributed by atoms with Gasteiger partial charge in [0.2, 0.25) is 0 Å². The molecule has 19 heavy (non-hydrogen) atoms. The van der Waals surface area contributed by atoms with Crippen molar-refractivity contribution in [2.75, 3.05) is 11.5 Å². The van der Waals surface area contributed by atoms with Gasteiger partial charge in [-0.25, -0.2) is 4.79 Å². The van der Waals surface area contributed by atoms with Crippen LogP contribution < -0.4 is 5.69 Å². The van der Waals surface area contributed by atoms with Crippen LogP contribution in [-0.4, -0.2) is 32.1 Å². The zero-order valence-corrected chi connectivity index (χ0v) is 12.6. The Kier molecular flexibility index (Phi) is 5.60. The molecule has 0 radical (unpaired) electrons. The molecule has 0 aliphatic rings. The molecule has 6 heteroatoms. The Morgan fingerprint density at radius 3 is 2.63 bits per heavy atom. The summed E-state index contributed by atoms with van der Waals surface area (Å²) in [6.45, 7) is 7.50. The Hall–Kier alpha value is -1.30. The molecule has 1 aromatic rings. The van der Waals surface area contributed by atoms with Crippen molar-refractivity contribution in [1.82, 2.24) is 9.55 Å². The Morgan fingerprint density at radius 1 is 1.47 bits per heavy atom. The maximum Gasteiger partial charge on any atom is 0.348 e. The van der Waals surface area contributed by atoms with Crippen LogP contribution in [0.15, 0.2) is 4.79 Å². The summed E-state index contributed by atoms with van der Waals surface area (Å²) < 4.78 is 1.61. The topological polar surface area (TPSA) is 72.2 Å². The van der Waals surface area contributed by atoms with Gasteiger partial charge in [-0.1, -0.05) is 6.92 Å². The Morgan fingerprint density at radius 2 is 2.11 bits per heavy atom. The molecule has 0 bridgehead atoms. The summed E-state index contributed by atoms with van der Waals surface area (Å²) in [5, 5.41) is 8.94. The molecule has 1 unspecified atom stereocenters. The van der Waals surface area contributed by atoms with E-state index in [2.05, 4.69) is 11.9 Å². The van der Waals surface area contributed by atoms with Crippen molar-refractivity contribution in [3.8, 4) is 0 Å². The van der Waals surface area contributed by atoms with E-state index in [-0.39, 0.29) is 18.2 Å². The number of carboxylic acids is 1. The first-order valence-corrected chi connectivity index (χ1v) is 7.42. The number of hydrogen-bond donors (Lipinski definition) is 1. The highest BCUT2D eigenvalue weighted by atomic mass is 32.2. The normalized spacial score (nSPS) is 12.4. The van der Waals surface area contributed by atoms with Crippen molar-refractivity contribution in [3.63, 3.8) is 0 Å². The molecule has 5 nitrogen and oxygen atoms in total. The lowest BCUT2D eigenvalue weighted by atomic mass is 10.1. The van der Waals surface area contributed by atoms with Crippen molar-refractivity contribution >= 4 is 17.7 Å². The van der Waals surface area contributed by atoms with Gasteiger partial charge >= 0.3 is 11.7 Å². The fourth-order valence-corrected chi connectivity index (χ4v) is 2.83. The average molecular weight is 284 g/mol. The number of rotatable bonds is 6.